The summed E-state index contributed by atoms with van der Waals surface area (Å²) >= 11 is 0. The van der Waals surface area contributed by atoms with Gasteiger partial charge in [0, 0.05) is 37.7 Å². The van der Waals surface area contributed by atoms with Crippen molar-refractivity contribution in [3.63, 3.8) is 0 Å². The lowest BCUT2D eigenvalue weighted by Gasteiger charge is -2.11. The predicted molar refractivity (Wildman–Crippen MR) is 131 cm³/mol. The average molecular weight is 443 g/mol. The molecule has 3 heterocycles. The fraction of sp³-hybridized carbons (Fsp3) is 0.240. The van der Waals surface area contributed by atoms with Crippen LogP contribution in [0.5, 0.6) is 0 Å². The largest absolute Gasteiger partial charge is 0.361 e. The molecule has 2 aromatic carbocycles. The van der Waals surface area contributed by atoms with E-state index in [9.17, 15) is 9.59 Å². The predicted octanol–water partition coefficient (Wildman–Crippen LogP) is 2.93. The molecule has 5 aromatic rings. The normalized spacial score (nSPS) is 11.5. The van der Waals surface area contributed by atoms with Crippen molar-refractivity contribution in [1.29, 1.82) is 0 Å². The second-order valence-corrected chi connectivity index (χ2v) is 8.42. The number of para-hydroxylation sites is 1. The van der Waals surface area contributed by atoms with Crippen LogP contribution in [0, 0.1) is 6.92 Å². The number of aryl methyl sites for hydroxylation is 2. The van der Waals surface area contributed by atoms with Crippen molar-refractivity contribution < 1.29 is 0 Å². The summed E-state index contributed by atoms with van der Waals surface area (Å²) in [7, 11) is 3.14. The van der Waals surface area contributed by atoms with Gasteiger partial charge < -0.3 is 10.3 Å². The number of aromatic amines is 1. The number of hydrogen-bond donors (Lipinski definition) is 2. The molecule has 3 aromatic heterocycles. The van der Waals surface area contributed by atoms with Crippen LogP contribution in [0.2, 0.25) is 0 Å². The second-order valence-electron chi connectivity index (χ2n) is 8.42. The molecule has 8 heteroatoms. The first-order valence-electron chi connectivity index (χ1n) is 10.9. The first kappa shape index (κ1) is 20.8. The number of anilines is 1. The standard InChI is InChI=1S/C25H26N6O2/c1-16-7-6-8-17(13-16)15-31-21-22(29(2)25(33)30(3)23(21)32)28-24(31)26-12-11-18-14-27-20-10-5-4-9-19(18)20/h4-10,13-14,27H,11-12,15H2,1-3H3,(H,26,28). The van der Waals surface area contributed by atoms with Crippen molar-refractivity contribution in [2.45, 2.75) is 19.9 Å². The molecule has 5 rings (SSSR count). The SMILES string of the molecule is Cc1cccc(Cn2c(NCCc3c[nH]c4ccccc34)nc3c2c(=O)n(C)c(=O)n3C)c1. The third kappa shape index (κ3) is 3.63. The molecule has 0 unspecified atom stereocenters. The fourth-order valence-corrected chi connectivity index (χ4v) is 4.38. The van der Waals surface area contributed by atoms with Crippen molar-refractivity contribution in [2.75, 3.05) is 11.9 Å². The zero-order valence-corrected chi connectivity index (χ0v) is 18.9. The monoisotopic (exact) mass is 442 g/mol. The molecular weight excluding hydrogens is 416 g/mol. The molecule has 0 atom stereocenters. The van der Waals surface area contributed by atoms with Gasteiger partial charge in [0.1, 0.15) is 0 Å². The number of nitrogens with zero attached hydrogens (tertiary/aromatic N) is 4. The Hall–Kier alpha value is -4.07. The summed E-state index contributed by atoms with van der Waals surface area (Å²) in [4.78, 5) is 33.5. The zero-order valence-electron chi connectivity index (χ0n) is 18.9. The van der Waals surface area contributed by atoms with Gasteiger partial charge in [-0.05, 0) is 30.5 Å². The van der Waals surface area contributed by atoms with Gasteiger partial charge in [0.15, 0.2) is 11.2 Å². The summed E-state index contributed by atoms with van der Waals surface area (Å²) in [5.74, 6) is 0.574. The van der Waals surface area contributed by atoms with Crippen LogP contribution in [0.15, 0.2) is 64.3 Å². The number of rotatable bonds is 6. The van der Waals surface area contributed by atoms with Crippen LogP contribution < -0.4 is 16.6 Å². The Morgan fingerprint density at radius 3 is 2.67 bits per heavy atom. The minimum absolute atomic E-state index is 0.349. The highest BCUT2D eigenvalue weighted by Crippen LogP contribution is 2.20. The Morgan fingerprint density at radius 1 is 1.03 bits per heavy atom. The minimum Gasteiger partial charge on any atom is -0.361 e. The van der Waals surface area contributed by atoms with Gasteiger partial charge in [0.05, 0.1) is 6.54 Å². The molecule has 0 aliphatic heterocycles. The summed E-state index contributed by atoms with van der Waals surface area (Å²) in [5.41, 5.74) is 4.58. The van der Waals surface area contributed by atoms with Crippen LogP contribution >= 0.6 is 0 Å². The Kier molecular flexibility index (Phi) is 5.12. The topological polar surface area (TPSA) is 89.6 Å². The third-order valence-corrected chi connectivity index (χ3v) is 6.12. The van der Waals surface area contributed by atoms with Crippen LogP contribution in [-0.2, 0) is 27.1 Å². The van der Waals surface area contributed by atoms with Crippen molar-refractivity contribution in [3.8, 4) is 0 Å². The first-order chi connectivity index (χ1) is 15.9. The maximum absolute atomic E-state index is 13.1. The Morgan fingerprint density at radius 2 is 1.85 bits per heavy atom. The summed E-state index contributed by atoms with van der Waals surface area (Å²) < 4.78 is 4.43. The molecule has 0 fully saturated rings. The molecule has 0 aliphatic rings. The van der Waals surface area contributed by atoms with Gasteiger partial charge >= 0.3 is 5.69 Å². The van der Waals surface area contributed by atoms with Crippen LogP contribution in [0.3, 0.4) is 0 Å². The van der Waals surface area contributed by atoms with Crippen molar-refractivity contribution in [3.05, 3.63) is 92.3 Å². The van der Waals surface area contributed by atoms with E-state index in [0.717, 1.165) is 27.6 Å². The Balaban J connectivity index is 1.54. The molecule has 0 radical (unpaired) electrons. The van der Waals surface area contributed by atoms with Crippen molar-refractivity contribution in [1.82, 2.24) is 23.7 Å². The Bertz CT molecular complexity index is 1600. The van der Waals surface area contributed by atoms with E-state index in [2.05, 4.69) is 33.5 Å². The molecule has 33 heavy (non-hydrogen) atoms. The quantitative estimate of drug-likeness (QED) is 0.423. The van der Waals surface area contributed by atoms with Gasteiger partial charge in [-0.25, -0.2) is 4.79 Å². The molecule has 0 bridgehead atoms. The van der Waals surface area contributed by atoms with E-state index in [-0.39, 0.29) is 5.56 Å². The highest BCUT2D eigenvalue weighted by Gasteiger charge is 2.19. The number of fused-ring (bicyclic) bond motifs is 2. The van der Waals surface area contributed by atoms with E-state index in [1.54, 1.807) is 7.05 Å². The summed E-state index contributed by atoms with van der Waals surface area (Å²) in [6.07, 6.45) is 2.82. The number of aromatic nitrogens is 5. The van der Waals surface area contributed by atoms with Crippen molar-refractivity contribution >= 4 is 28.0 Å². The average Bonchev–Trinajstić information content (AvgIpc) is 3.38. The molecule has 0 spiro atoms. The van der Waals surface area contributed by atoms with E-state index in [0.29, 0.717) is 30.2 Å². The van der Waals surface area contributed by atoms with Gasteiger partial charge in [-0.2, -0.15) is 4.98 Å². The number of nitrogens with one attached hydrogen (secondary N) is 2. The molecule has 0 aliphatic carbocycles. The lowest BCUT2D eigenvalue weighted by Crippen LogP contribution is -2.37. The molecule has 0 amide bonds. The third-order valence-electron chi connectivity index (χ3n) is 6.12. The fourth-order valence-electron chi connectivity index (χ4n) is 4.38. The summed E-state index contributed by atoms with van der Waals surface area (Å²) in [6.45, 7) is 3.15. The highest BCUT2D eigenvalue weighted by atomic mass is 16.2. The van der Waals surface area contributed by atoms with E-state index in [1.165, 1.54) is 22.6 Å². The van der Waals surface area contributed by atoms with E-state index in [4.69, 9.17) is 0 Å². The molecule has 0 saturated carbocycles. The maximum Gasteiger partial charge on any atom is 0.332 e. The number of H-pyrrole nitrogens is 1. The molecule has 2 N–H and O–H groups in total. The maximum atomic E-state index is 13.1. The number of hydrogen-bond acceptors (Lipinski definition) is 4. The number of imidazole rings is 1. The van der Waals surface area contributed by atoms with E-state index >= 15 is 0 Å². The van der Waals surface area contributed by atoms with Crippen LogP contribution in [0.4, 0.5) is 5.95 Å². The zero-order chi connectivity index (χ0) is 23.1. The van der Waals surface area contributed by atoms with Gasteiger partial charge in [0.2, 0.25) is 5.95 Å². The molecular formula is C25H26N6O2. The van der Waals surface area contributed by atoms with E-state index in [1.807, 2.05) is 48.0 Å². The summed E-state index contributed by atoms with van der Waals surface area (Å²) in [6, 6.07) is 16.4. The molecule has 0 saturated heterocycles. The minimum atomic E-state index is -0.391. The lowest BCUT2D eigenvalue weighted by atomic mass is 10.1. The lowest BCUT2D eigenvalue weighted by molar-refractivity contribution is 0.702. The molecule has 8 nitrogen and oxygen atoms in total. The smallest absolute Gasteiger partial charge is 0.332 e. The van der Waals surface area contributed by atoms with Gasteiger partial charge in [-0.3, -0.25) is 18.5 Å². The van der Waals surface area contributed by atoms with E-state index < -0.39 is 5.69 Å². The number of benzene rings is 2. The second kappa shape index (κ2) is 8.12. The van der Waals surface area contributed by atoms with Crippen LogP contribution in [0.1, 0.15) is 16.7 Å². The highest BCUT2D eigenvalue weighted by molar-refractivity contribution is 5.83. The Labute approximate surface area is 190 Å². The summed E-state index contributed by atoms with van der Waals surface area (Å²) in [5, 5.41) is 4.61. The van der Waals surface area contributed by atoms with Crippen LogP contribution in [-0.4, -0.2) is 30.2 Å². The van der Waals surface area contributed by atoms with Gasteiger partial charge in [-0.15, -0.1) is 0 Å². The first-order valence-corrected chi connectivity index (χ1v) is 10.9. The van der Waals surface area contributed by atoms with Gasteiger partial charge in [0.25, 0.3) is 5.56 Å². The van der Waals surface area contributed by atoms with Crippen molar-refractivity contribution in [2.24, 2.45) is 14.1 Å². The molecule has 168 valence electrons. The van der Waals surface area contributed by atoms with Gasteiger partial charge in [-0.1, -0.05) is 48.0 Å². The van der Waals surface area contributed by atoms with Crippen LogP contribution in [0.25, 0.3) is 22.1 Å².